The van der Waals surface area contributed by atoms with Crippen molar-refractivity contribution in [2.24, 2.45) is 5.16 Å². The van der Waals surface area contributed by atoms with Crippen LogP contribution in [0.3, 0.4) is 0 Å². The number of carbonyl (C=O) groups is 4. The first-order valence-electron chi connectivity index (χ1n) is 14.5. The molecule has 0 bridgehead atoms. The van der Waals surface area contributed by atoms with Gasteiger partial charge in [-0.3, -0.25) is 19.8 Å². The molecule has 0 saturated carbocycles. The van der Waals surface area contributed by atoms with Crippen molar-refractivity contribution in [1.29, 1.82) is 0 Å². The Kier molecular flexibility index (Phi) is 9.78. The minimum atomic E-state index is -1.12. The quantitative estimate of drug-likeness (QED) is 0.0698. The number of hydrogen-bond donors (Lipinski definition) is 3. The van der Waals surface area contributed by atoms with Crippen LogP contribution >= 0.6 is 23.1 Å². The second kappa shape index (κ2) is 14.5. The van der Waals surface area contributed by atoms with Crippen molar-refractivity contribution in [2.75, 3.05) is 11.1 Å². The second-order valence-corrected chi connectivity index (χ2v) is 12.5. The van der Waals surface area contributed by atoms with E-state index in [1.807, 2.05) is 66.7 Å². The summed E-state index contributed by atoms with van der Waals surface area (Å²) in [6, 6.07) is 26.1. The summed E-state index contributed by atoms with van der Waals surface area (Å²) >= 11 is 1.67. The van der Waals surface area contributed by atoms with Gasteiger partial charge in [0.15, 0.2) is 16.9 Å². The van der Waals surface area contributed by atoms with Crippen LogP contribution in [0.1, 0.15) is 28.5 Å². The van der Waals surface area contributed by atoms with Gasteiger partial charge in [0.25, 0.3) is 11.8 Å². The van der Waals surface area contributed by atoms with Gasteiger partial charge in [-0.2, -0.15) is 4.39 Å². The van der Waals surface area contributed by atoms with Crippen LogP contribution in [0.15, 0.2) is 108 Å². The van der Waals surface area contributed by atoms with Gasteiger partial charge in [0, 0.05) is 5.75 Å². The van der Waals surface area contributed by atoms with Crippen LogP contribution in [0.25, 0.3) is 0 Å². The number of thiazole rings is 1. The van der Waals surface area contributed by atoms with Crippen molar-refractivity contribution in [2.45, 2.75) is 24.1 Å². The van der Waals surface area contributed by atoms with E-state index in [1.54, 1.807) is 30.3 Å². The van der Waals surface area contributed by atoms with Crippen molar-refractivity contribution in [3.63, 3.8) is 0 Å². The van der Waals surface area contributed by atoms with Crippen molar-refractivity contribution in [3.05, 3.63) is 130 Å². The molecule has 3 aromatic carbocycles. The van der Waals surface area contributed by atoms with Crippen LogP contribution in [0.2, 0.25) is 0 Å². The van der Waals surface area contributed by atoms with E-state index in [0.29, 0.717) is 17.1 Å². The van der Waals surface area contributed by atoms with Crippen LogP contribution in [-0.2, 0) is 30.5 Å². The molecular formula is C33H26FN5O7S2. The number of halogens is 1. The smallest absolute Gasteiger partial charge is 0.413 e. The number of fused-ring (bicyclic) bond motifs is 1. The number of rotatable bonds is 10. The fraction of sp³-hybridized carbons (Fsp3) is 0.152. The number of esters is 1. The number of ether oxygens (including phenoxy) is 2. The molecule has 1 saturated heterocycles. The Hall–Kier alpha value is -5.54. The largest absolute Gasteiger partial charge is 0.448 e. The SMILES string of the molecule is O=C(Nc1nc(C(=NO)C(=O)N[C@@H]2C(=O)N3C(C(=O)OC(c4ccccc4)c4ccccc4)=CCS[C@@H]23)c(F)s1)OCc1ccccc1. The first kappa shape index (κ1) is 32.4. The summed E-state index contributed by atoms with van der Waals surface area (Å²) in [7, 11) is 0. The van der Waals surface area contributed by atoms with Crippen LogP contribution < -0.4 is 10.6 Å². The molecule has 48 heavy (non-hydrogen) atoms. The van der Waals surface area contributed by atoms with Gasteiger partial charge in [0.05, 0.1) is 0 Å². The highest BCUT2D eigenvalue weighted by atomic mass is 32.2. The predicted octanol–water partition coefficient (Wildman–Crippen LogP) is 4.83. The van der Waals surface area contributed by atoms with Gasteiger partial charge < -0.3 is 20.0 Å². The summed E-state index contributed by atoms with van der Waals surface area (Å²) in [5.41, 5.74) is 0.787. The highest BCUT2D eigenvalue weighted by Crippen LogP contribution is 2.39. The van der Waals surface area contributed by atoms with Gasteiger partial charge >= 0.3 is 12.1 Å². The number of aromatic nitrogens is 1. The zero-order valence-electron chi connectivity index (χ0n) is 24.8. The lowest BCUT2D eigenvalue weighted by Gasteiger charge is -2.48. The first-order valence-corrected chi connectivity index (χ1v) is 16.3. The molecule has 0 aliphatic carbocycles. The van der Waals surface area contributed by atoms with Gasteiger partial charge in [-0.05, 0) is 22.8 Å². The highest BCUT2D eigenvalue weighted by Gasteiger charge is 2.53. The number of hydrogen-bond acceptors (Lipinski definition) is 11. The van der Waals surface area contributed by atoms with Crippen molar-refractivity contribution in [3.8, 4) is 0 Å². The van der Waals surface area contributed by atoms with Crippen molar-refractivity contribution in [1.82, 2.24) is 15.2 Å². The highest BCUT2D eigenvalue weighted by molar-refractivity contribution is 8.00. The molecule has 244 valence electrons. The molecule has 4 aromatic rings. The molecule has 12 nitrogen and oxygen atoms in total. The Morgan fingerprint density at radius 3 is 2.25 bits per heavy atom. The van der Waals surface area contributed by atoms with E-state index in [2.05, 4.69) is 20.8 Å². The van der Waals surface area contributed by atoms with E-state index in [-0.39, 0.29) is 17.4 Å². The summed E-state index contributed by atoms with van der Waals surface area (Å²) in [4.78, 5) is 57.1. The Morgan fingerprint density at radius 1 is 1.00 bits per heavy atom. The van der Waals surface area contributed by atoms with Gasteiger partial charge in [-0.15, -0.1) is 11.8 Å². The van der Waals surface area contributed by atoms with E-state index >= 15 is 0 Å². The standard InChI is InChI=1S/C33H26FN5O7S2/c34-27-23(36-32(48-27)37-33(43)45-18-19-10-4-1-5-11-19)24(38-44)28(40)35-25-29(41)39-22(16-17-47-30(25)39)31(42)46-26(20-12-6-2-7-13-20)21-14-8-3-9-15-21/h1-16,25-26,30,44H,17-18H2,(H,35,40)(H,36,37,43)/t25-,30+/m1/s1. The lowest BCUT2D eigenvalue weighted by molar-refractivity contribution is -0.154. The average molecular weight is 688 g/mol. The lowest BCUT2D eigenvalue weighted by Crippen LogP contribution is -2.70. The first-order chi connectivity index (χ1) is 23.3. The summed E-state index contributed by atoms with van der Waals surface area (Å²) in [5.74, 6) is -2.09. The number of anilines is 1. The summed E-state index contributed by atoms with van der Waals surface area (Å²) < 4.78 is 25.9. The minimum absolute atomic E-state index is 0.0302. The van der Waals surface area contributed by atoms with Crippen LogP contribution in [0.5, 0.6) is 0 Å². The maximum Gasteiger partial charge on any atom is 0.413 e. The molecule has 1 aromatic heterocycles. The lowest BCUT2D eigenvalue weighted by atomic mass is 10.0. The van der Waals surface area contributed by atoms with Gasteiger partial charge in [-0.25, -0.2) is 14.6 Å². The van der Waals surface area contributed by atoms with Gasteiger partial charge in [0.1, 0.15) is 29.4 Å². The third-order valence-corrected chi connectivity index (χ3v) is 9.26. The molecule has 3 heterocycles. The molecule has 0 spiro atoms. The number of nitrogens with one attached hydrogen (secondary N) is 2. The zero-order chi connectivity index (χ0) is 33.6. The summed E-state index contributed by atoms with van der Waals surface area (Å²) in [6.45, 7) is -0.0417. The molecule has 15 heteroatoms. The van der Waals surface area contributed by atoms with E-state index in [9.17, 15) is 28.8 Å². The van der Waals surface area contributed by atoms with Crippen LogP contribution in [-0.4, -0.2) is 61.8 Å². The third-order valence-electron chi connectivity index (χ3n) is 7.32. The summed E-state index contributed by atoms with van der Waals surface area (Å²) in [6.07, 6.45) is -0.0686. The molecule has 3 N–H and O–H groups in total. The van der Waals surface area contributed by atoms with Gasteiger partial charge in [-0.1, -0.05) is 107 Å². The van der Waals surface area contributed by atoms with E-state index in [4.69, 9.17) is 9.47 Å². The van der Waals surface area contributed by atoms with E-state index < -0.39 is 57.9 Å². The molecule has 2 atom stereocenters. The summed E-state index contributed by atoms with van der Waals surface area (Å²) in [5, 5.41) is 15.3. The molecule has 2 aliphatic rings. The number of nitrogens with zero attached hydrogens (tertiary/aromatic N) is 3. The van der Waals surface area contributed by atoms with Crippen molar-refractivity contribution >= 4 is 57.8 Å². The van der Waals surface area contributed by atoms with E-state index in [1.165, 1.54) is 16.7 Å². The Bertz CT molecular complexity index is 1850. The fourth-order valence-corrected chi connectivity index (χ4v) is 6.91. The maximum atomic E-state index is 14.8. The number of amides is 3. The van der Waals surface area contributed by atoms with Gasteiger partial charge in [0.2, 0.25) is 5.13 Å². The Balaban J connectivity index is 1.09. The molecule has 2 aliphatic heterocycles. The number of benzene rings is 3. The number of carbonyl (C=O) groups excluding carboxylic acids is 4. The maximum absolute atomic E-state index is 14.8. The predicted molar refractivity (Wildman–Crippen MR) is 175 cm³/mol. The van der Waals surface area contributed by atoms with Crippen molar-refractivity contribution < 1.29 is 38.2 Å². The number of thioether (sulfide) groups is 1. The molecule has 1 fully saturated rings. The van der Waals surface area contributed by atoms with Crippen LogP contribution in [0.4, 0.5) is 14.3 Å². The Labute approximate surface area is 281 Å². The Morgan fingerprint density at radius 2 is 1.62 bits per heavy atom. The van der Waals surface area contributed by atoms with E-state index in [0.717, 1.165) is 16.7 Å². The molecular weight excluding hydrogens is 662 g/mol. The molecule has 6 rings (SSSR count). The second-order valence-electron chi connectivity index (χ2n) is 10.4. The molecule has 3 amide bonds. The zero-order valence-corrected chi connectivity index (χ0v) is 26.4. The van der Waals surface area contributed by atoms with Crippen LogP contribution in [0, 0.1) is 5.13 Å². The topological polar surface area (TPSA) is 160 Å². The monoisotopic (exact) mass is 687 g/mol. The number of oxime groups is 1. The average Bonchev–Trinajstić information content (AvgIpc) is 3.48. The minimum Gasteiger partial charge on any atom is -0.448 e. The molecule has 0 radical (unpaired) electrons. The third kappa shape index (κ3) is 6.91. The fourth-order valence-electron chi connectivity index (χ4n) is 5.04. The normalized spacial score (nSPS) is 17.1. The molecule has 0 unspecified atom stereocenters. The number of β-lactam (4-membered cyclic amide) rings is 1.